The Bertz CT molecular complexity index is 2040. The van der Waals surface area contributed by atoms with Gasteiger partial charge in [0.05, 0.1) is 12.5 Å². The molecule has 11 nitrogen and oxygen atoms in total. The molecule has 246 valence electrons. The second-order valence-corrected chi connectivity index (χ2v) is 13.3. The summed E-state index contributed by atoms with van der Waals surface area (Å²) in [5.74, 6) is 6.02. The maximum absolute atomic E-state index is 13.3. The highest BCUT2D eigenvalue weighted by Gasteiger charge is 2.34. The van der Waals surface area contributed by atoms with Crippen LogP contribution in [-0.2, 0) is 9.47 Å². The molecule has 0 aliphatic rings. The van der Waals surface area contributed by atoms with Crippen molar-refractivity contribution < 1.29 is 23.9 Å². The van der Waals surface area contributed by atoms with Gasteiger partial charge >= 0.3 is 12.2 Å². The van der Waals surface area contributed by atoms with Gasteiger partial charge in [-0.25, -0.2) is 19.6 Å². The van der Waals surface area contributed by atoms with E-state index in [-0.39, 0.29) is 11.6 Å². The number of aromatic nitrogens is 4. The molecule has 0 bridgehead atoms. The van der Waals surface area contributed by atoms with Gasteiger partial charge in [-0.2, -0.15) is 4.90 Å². The molecule has 2 aromatic carbocycles. The second-order valence-electron chi connectivity index (χ2n) is 13.3. The number of hydrogen-bond acceptors (Lipinski definition) is 7. The van der Waals surface area contributed by atoms with Gasteiger partial charge in [0.15, 0.2) is 5.65 Å². The first-order chi connectivity index (χ1) is 22.6. The van der Waals surface area contributed by atoms with Gasteiger partial charge in [0.25, 0.3) is 5.91 Å². The standard InChI is InChI=1S/C37H38N6O5/c1-24-18-28(21-30(19-24)41-17-15-38-23-41)40-33(44)27-12-11-25(2)26(20-27)13-14-29-22-39-32-31(10-9-16-42(29)32)43(34(45)47-36(3,4)5)35(46)48-37(6,7)8/h9-12,15-23H,1-8H3,(H,40,44). The number of pyridine rings is 1. The second kappa shape index (κ2) is 13.1. The fraction of sp³-hybridized carbons (Fsp3) is 0.270. The molecule has 0 saturated carbocycles. The van der Waals surface area contributed by atoms with E-state index in [2.05, 4.69) is 27.1 Å². The van der Waals surface area contributed by atoms with Gasteiger partial charge in [0, 0.05) is 41.1 Å². The van der Waals surface area contributed by atoms with Crippen molar-refractivity contribution in [3.05, 3.63) is 108 Å². The summed E-state index contributed by atoms with van der Waals surface area (Å²) in [6.45, 7) is 14.2. The van der Waals surface area contributed by atoms with Gasteiger partial charge in [-0.15, -0.1) is 0 Å². The normalized spacial score (nSPS) is 11.4. The Morgan fingerprint density at radius 1 is 0.875 bits per heavy atom. The lowest BCUT2D eigenvalue weighted by atomic mass is 10.0. The molecule has 3 heterocycles. The van der Waals surface area contributed by atoms with Crippen LogP contribution in [0.5, 0.6) is 0 Å². The molecule has 5 aromatic rings. The zero-order valence-corrected chi connectivity index (χ0v) is 28.3. The largest absolute Gasteiger partial charge is 0.443 e. The van der Waals surface area contributed by atoms with Crippen molar-refractivity contribution in [2.24, 2.45) is 0 Å². The number of nitrogens with zero attached hydrogens (tertiary/aromatic N) is 5. The fourth-order valence-electron chi connectivity index (χ4n) is 4.78. The summed E-state index contributed by atoms with van der Waals surface area (Å²) >= 11 is 0. The summed E-state index contributed by atoms with van der Waals surface area (Å²) in [5, 5.41) is 2.99. The monoisotopic (exact) mass is 646 g/mol. The zero-order chi connectivity index (χ0) is 34.8. The lowest BCUT2D eigenvalue weighted by Gasteiger charge is -2.28. The van der Waals surface area contributed by atoms with Crippen molar-refractivity contribution in [2.45, 2.75) is 66.6 Å². The van der Waals surface area contributed by atoms with Crippen molar-refractivity contribution in [1.29, 1.82) is 0 Å². The summed E-state index contributed by atoms with van der Waals surface area (Å²) in [7, 11) is 0. The SMILES string of the molecule is Cc1cc(NC(=O)c2ccc(C)c(C#Cc3cnc4c(N(C(=O)OC(C)(C)C)C(=O)OC(C)(C)C)cccn34)c2)cc(-n2ccnc2)c1. The molecule has 3 amide bonds. The molecule has 0 spiro atoms. The Hall–Kier alpha value is -5.89. The number of ether oxygens (including phenoxy) is 2. The van der Waals surface area contributed by atoms with Crippen LogP contribution in [0.4, 0.5) is 21.0 Å². The number of amides is 3. The molecule has 0 aliphatic carbocycles. The van der Waals surface area contributed by atoms with Gasteiger partial charge in [0.2, 0.25) is 0 Å². The molecule has 48 heavy (non-hydrogen) atoms. The number of fused-ring (bicyclic) bond motifs is 1. The molecule has 0 fully saturated rings. The first-order valence-corrected chi connectivity index (χ1v) is 15.3. The summed E-state index contributed by atoms with van der Waals surface area (Å²) in [6.07, 6.45) is 6.74. The number of imidazole rings is 2. The van der Waals surface area contributed by atoms with E-state index in [0.29, 0.717) is 28.2 Å². The third kappa shape index (κ3) is 7.90. The minimum absolute atomic E-state index is 0.177. The van der Waals surface area contributed by atoms with E-state index in [1.54, 1.807) is 95.1 Å². The highest BCUT2D eigenvalue weighted by atomic mass is 16.6. The average Bonchev–Trinajstić information content (AvgIpc) is 3.66. The molecule has 5 rings (SSSR count). The van der Waals surface area contributed by atoms with Crippen LogP contribution in [-0.4, -0.2) is 48.2 Å². The van der Waals surface area contributed by atoms with Crippen LogP contribution in [0, 0.1) is 25.7 Å². The van der Waals surface area contributed by atoms with Crippen molar-refractivity contribution in [3.63, 3.8) is 0 Å². The number of benzene rings is 2. The summed E-state index contributed by atoms with van der Waals surface area (Å²) < 4.78 is 14.6. The average molecular weight is 647 g/mol. The van der Waals surface area contributed by atoms with E-state index >= 15 is 0 Å². The quantitative estimate of drug-likeness (QED) is 0.201. The molecule has 0 atom stereocenters. The Morgan fingerprint density at radius 3 is 2.23 bits per heavy atom. The van der Waals surface area contributed by atoms with E-state index in [1.807, 2.05) is 48.9 Å². The maximum atomic E-state index is 13.3. The Morgan fingerprint density at radius 2 is 1.58 bits per heavy atom. The van der Waals surface area contributed by atoms with Gasteiger partial charge < -0.3 is 19.4 Å². The fourth-order valence-corrected chi connectivity index (χ4v) is 4.78. The van der Waals surface area contributed by atoms with E-state index < -0.39 is 23.4 Å². The lowest BCUT2D eigenvalue weighted by molar-refractivity contribution is 0.0430. The first kappa shape index (κ1) is 33.5. The number of rotatable bonds is 4. The van der Waals surface area contributed by atoms with Crippen molar-refractivity contribution >= 4 is 35.1 Å². The molecule has 11 heteroatoms. The van der Waals surface area contributed by atoms with Crippen molar-refractivity contribution in [2.75, 3.05) is 10.2 Å². The molecule has 0 unspecified atom stereocenters. The van der Waals surface area contributed by atoms with E-state index in [9.17, 15) is 14.4 Å². The van der Waals surface area contributed by atoms with Crippen molar-refractivity contribution in [1.82, 2.24) is 18.9 Å². The minimum atomic E-state index is -0.894. The van der Waals surface area contributed by atoms with Gasteiger partial charge in [-0.3, -0.25) is 9.20 Å². The molecule has 3 aromatic heterocycles. The Kier molecular flexibility index (Phi) is 9.12. The van der Waals surface area contributed by atoms with Gasteiger partial charge in [-0.05, 0) is 115 Å². The molecular formula is C37H38N6O5. The number of aryl methyl sites for hydroxylation is 2. The predicted octanol–water partition coefficient (Wildman–Crippen LogP) is 7.47. The highest BCUT2D eigenvalue weighted by Crippen LogP contribution is 2.26. The molecular weight excluding hydrogens is 608 g/mol. The summed E-state index contributed by atoms with van der Waals surface area (Å²) in [5.41, 5.74) is 3.77. The number of anilines is 2. The van der Waals surface area contributed by atoms with Crippen LogP contribution in [0.2, 0.25) is 0 Å². The van der Waals surface area contributed by atoms with Crippen LogP contribution >= 0.6 is 0 Å². The minimum Gasteiger partial charge on any atom is -0.443 e. The molecule has 1 N–H and O–H groups in total. The maximum Gasteiger partial charge on any atom is 0.424 e. The van der Waals surface area contributed by atoms with Crippen LogP contribution in [0.1, 0.15) is 74.3 Å². The van der Waals surface area contributed by atoms with E-state index in [0.717, 1.165) is 21.7 Å². The van der Waals surface area contributed by atoms with Crippen LogP contribution in [0.25, 0.3) is 11.3 Å². The third-order valence-corrected chi connectivity index (χ3v) is 6.86. The van der Waals surface area contributed by atoms with Crippen LogP contribution in [0.3, 0.4) is 0 Å². The number of hydrogen-bond donors (Lipinski definition) is 1. The summed E-state index contributed by atoms with van der Waals surface area (Å²) in [4.78, 5) is 49.3. The highest BCUT2D eigenvalue weighted by molar-refractivity contribution is 6.12. The lowest BCUT2D eigenvalue weighted by Crippen LogP contribution is -2.44. The number of imide groups is 1. The smallest absolute Gasteiger partial charge is 0.424 e. The number of nitrogens with one attached hydrogen (secondary N) is 1. The molecule has 0 radical (unpaired) electrons. The Balaban J connectivity index is 1.44. The van der Waals surface area contributed by atoms with Crippen LogP contribution < -0.4 is 10.2 Å². The van der Waals surface area contributed by atoms with Gasteiger partial charge in [0.1, 0.15) is 22.6 Å². The number of carbonyl (C=O) groups is 3. The topological polar surface area (TPSA) is 120 Å². The predicted molar refractivity (Wildman–Crippen MR) is 184 cm³/mol. The number of carbonyl (C=O) groups excluding carboxylic acids is 3. The first-order valence-electron chi connectivity index (χ1n) is 15.3. The van der Waals surface area contributed by atoms with E-state index in [1.165, 1.54) is 0 Å². The van der Waals surface area contributed by atoms with Crippen LogP contribution in [0.15, 0.2) is 79.6 Å². The van der Waals surface area contributed by atoms with Crippen molar-refractivity contribution in [3.8, 4) is 17.5 Å². The van der Waals surface area contributed by atoms with E-state index in [4.69, 9.17) is 9.47 Å². The zero-order valence-electron chi connectivity index (χ0n) is 28.3. The Labute approximate surface area is 279 Å². The third-order valence-electron chi connectivity index (χ3n) is 6.86. The summed E-state index contributed by atoms with van der Waals surface area (Å²) in [6, 6.07) is 14.4. The molecule has 0 aliphatic heterocycles. The van der Waals surface area contributed by atoms with Gasteiger partial charge in [-0.1, -0.05) is 12.0 Å². The molecule has 0 saturated heterocycles.